The van der Waals surface area contributed by atoms with Gasteiger partial charge >= 0.3 is 0 Å². The number of amides is 1. The van der Waals surface area contributed by atoms with Crippen LogP contribution in [0.5, 0.6) is 0 Å². The van der Waals surface area contributed by atoms with E-state index in [1.54, 1.807) is 6.07 Å². The minimum absolute atomic E-state index is 0.0547. The van der Waals surface area contributed by atoms with Crippen LogP contribution in [0.25, 0.3) is 0 Å². The average molecular weight is 279 g/mol. The Balaban J connectivity index is 2.54. The number of hydrogen-bond donors (Lipinski definition) is 2. The van der Waals surface area contributed by atoms with Crippen molar-refractivity contribution in [2.75, 3.05) is 13.2 Å². The third kappa shape index (κ3) is 2.30. The average Bonchev–Trinajstić information content (AvgIpc) is 2.64. The minimum Gasteiger partial charge on any atom is -0.503 e. The molecule has 6 heteroatoms. The lowest BCUT2D eigenvalue weighted by Crippen LogP contribution is -2.33. The summed E-state index contributed by atoms with van der Waals surface area (Å²) < 4.78 is 13.3. The molecule has 1 aliphatic rings. The van der Waals surface area contributed by atoms with E-state index in [0.717, 1.165) is 4.90 Å². The topological polar surface area (TPSA) is 77.8 Å². The van der Waals surface area contributed by atoms with Crippen LogP contribution in [0, 0.1) is 5.82 Å². The molecular formula is C14H14FNO4. The van der Waals surface area contributed by atoms with E-state index in [4.69, 9.17) is 5.11 Å². The maximum absolute atomic E-state index is 13.3. The third-order valence-electron chi connectivity index (χ3n) is 3.19. The number of Topliss-reactive ketones (excluding diaryl/α,β-unsaturated/α-hetero) is 1. The molecule has 2 N–H and O–H groups in total. The normalized spacial score (nSPS) is 18.9. The van der Waals surface area contributed by atoms with Crippen molar-refractivity contribution in [1.82, 2.24) is 4.90 Å². The first-order valence-corrected chi connectivity index (χ1v) is 6.08. The van der Waals surface area contributed by atoms with Crippen LogP contribution in [-0.4, -0.2) is 40.0 Å². The molecule has 1 aliphatic heterocycles. The van der Waals surface area contributed by atoms with Crippen molar-refractivity contribution >= 4 is 11.7 Å². The predicted octanol–water partition coefficient (Wildman–Crippen LogP) is 1.10. The van der Waals surface area contributed by atoms with Crippen LogP contribution in [-0.2, 0) is 9.59 Å². The van der Waals surface area contributed by atoms with Crippen molar-refractivity contribution in [2.24, 2.45) is 0 Å². The highest BCUT2D eigenvalue weighted by Crippen LogP contribution is 2.37. The Morgan fingerprint density at radius 1 is 1.45 bits per heavy atom. The molecular weight excluding hydrogens is 265 g/mol. The van der Waals surface area contributed by atoms with Crippen LogP contribution in [0.2, 0.25) is 0 Å². The van der Waals surface area contributed by atoms with Crippen molar-refractivity contribution < 1.29 is 24.2 Å². The van der Waals surface area contributed by atoms with Crippen molar-refractivity contribution in [3.05, 3.63) is 47.0 Å². The monoisotopic (exact) mass is 279 g/mol. The van der Waals surface area contributed by atoms with Gasteiger partial charge in [0, 0.05) is 6.54 Å². The first-order valence-electron chi connectivity index (χ1n) is 6.08. The van der Waals surface area contributed by atoms with Crippen LogP contribution >= 0.6 is 0 Å². The lowest BCUT2D eigenvalue weighted by atomic mass is 9.97. The summed E-state index contributed by atoms with van der Waals surface area (Å²) in [6.45, 7) is 0.852. The standard InChI is InChI=1S/C14H14FNO4/c1-8(18)11-12(9-3-2-4-10(15)7-9)16(5-6-17)14(20)13(11)19/h2-4,7,12,17,19H,5-6H2,1H3/t12-/m0/s1. The molecule has 0 saturated carbocycles. The van der Waals surface area contributed by atoms with E-state index < -0.39 is 29.3 Å². The van der Waals surface area contributed by atoms with E-state index in [1.165, 1.54) is 25.1 Å². The SMILES string of the molecule is CC(=O)C1=C(O)C(=O)N(CCO)[C@H]1c1cccc(F)c1. The quantitative estimate of drug-likeness (QED) is 0.865. The molecule has 0 spiro atoms. The highest BCUT2D eigenvalue weighted by Gasteiger charge is 2.41. The van der Waals surface area contributed by atoms with E-state index in [-0.39, 0.29) is 18.7 Å². The molecule has 0 saturated heterocycles. The Morgan fingerprint density at radius 2 is 2.15 bits per heavy atom. The fourth-order valence-corrected chi connectivity index (χ4v) is 2.37. The first kappa shape index (κ1) is 14.2. The van der Waals surface area contributed by atoms with Crippen LogP contribution in [0.15, 0.2) is 35.6 Å². The molecule has 0 fully saturated rings. The molecule has 1 heterocycles. The number of nitrogens with zero attached hydrogens (tertiary/aromatic N) is 1. The maximum atomic E-state index is 13.3. The van der Waals surface area contributed by atoms with E-state index in [1.807, 2.05) is 0 Å². The van der Waals surface area contributed by atoms with Crippen LogP contribution in [0.1, 0.15) is 18.5 Å². The van der Waals surface area contributed by atoms with Crippen LogP contribution < -0.4 is 0 Å². The summed E-state index contributed by atoms with van der Waals surface area (Å²) in [5.74, 6) is -2.35. The summed E-state index contributed by atoms with van der Waals surface area (Å²) in [4.78, 5) is 24.8. The van der Waals surface area contributed by atoms with Crippen molar-refractivity contribution in [3.8, 4) is 0 Å². The zero-order valence-corrected chi connectivity index (χ0v) is 10.8. The molecule has 5 nitrogen and oxygen atoms in total. The summed E-state index contributed by atoms with van der Waals surface area (Å²) >= 11 is 0. The number of rotatable bonds is 4. The second-order valence-electron chi connectivity index (χ2n) is 4.50. The van der Waals surface area contributed by atoms with Gasteiger partial charge in [-0.2, -0.15) is 0 Å². The van der Waals surface area contributed by atoms with Crippen molar-refractivity contribution in [3.63, 3.8) is 0 Å². The third-order valence-corrected chi connectivity index (χ3v) is 3.19. The Labute approximate surface area is 114 Å². The number of aliphatic hydroxyl groups is 2. The second-order valence-corrected chi connectivity index (χ2v) is 4.50. The van der Waals surface area contributed by atoms with Gasteiger partial charge < -0.3 is 15.1 Å². The van der Waals surface area contributed by atoms with E-state index in [2.05, 4.69) is 0 Å². The van der Waals surface area contributed by atoms with Gasteiger partial charge in [0.1, 0.15) is 5.82 Å². The second kappa shape index (κ2) is 5.42. The number of carbonyl (C=O) groups is 2. The molecule has 0 unspecified atom stereocenters. The molecule has 1 atom stereocenters. The van der Waals surface area contributed by atoms with Crippen molar-refractivity contribution in [1.29, 1.82) is 0 Å². The predicted molar refractivity (Wildman–Crippen MR) is 68.3 cm³/mol. The number of aliphatic hydroxyl groups excluding tert-OH is 2. The molecule has 1 aromatic carbocycles. The molecule has 2 rings (SSSR count). The number of hydrogen-bond acceptors (Lipinski definition) is 4. The van der Waals surface area contributed by atoms with Gasteiger partial charge in [0.25, 0.3) is 5.91 Å². The molecule has 20 heavy (non-hydrogen) atoms. The Kier molecular flexibility index (Phi) is 3.85. The molecule has 106 valence electrons. The van der Waals surface area contributed by atoms with E-state index in [0.29, 0.717) is 5.56 Å². The van der Waals surface area contributed by atoms with Gasteiger partial charge in [-0.1, -0.05) is 12.1 Å². The van der Waals surface area contributed by atoms with Crippen LogP contribution in [0.3, 0.4) is 0 Å². The zero-order chi connectivity index (χ0) is 14.9. The minimum atomic E-state index is -0.872. The van der Waals surface area contributed by atoms with Crippen LogP contribution in [0.4, 0.5) is 4.39 Å². The summed E-state index contributed by atoms with van der Waals surface area (Å²) in [5.41, 5.74) is 0.301. The lowest BCUT2D eigenvalue weighted by molar-refractivity contribution is -0.129. The van der Waals surface area contributed by atoms with Gasteiger partial charge in [0.15, 0.2) is 11.5 Å². The molecule has 0 radical (unpaired) electrons. The van der Waals surface area contributed by atoms with Gasteiger partial charge in [-0.15, -0.1) is 0 Å². The highest BCUT2D eigenvalue weighted by atomic mass is 19.1. The molecule has 1 amide bonds. The number of benzene rings is 1. The van der Waals surface area contributed by atoms with Gasteiger partial charge in [0.05, 0.1) is 18.2 Å². The van der Waals surface area contributed by atoms with E-state index >= 15 is 0 Å². The Morgan fingerprint density at radius 3 is 2.70 bits per heavy atom. The lowest BCUT2D eigenvalue weighted by Gasteiger charge is -2.25. The summed E-state index contributed by atoms with van der Waals surface area (Å²) in [6.07, 6.45) is 0. The molecule has 0 aromatic heterocycles. The van der Waals surface area contributed by atoms with E-state index in [9.17, 15) is 19.1 Å². The number of carbonyl (C=O) groups excluding carboxylic acids is 2. The summed E-state index contributed by atoms with van der Waals surface area (Å²) in [7, 11) is 0. The first-order chi connectivity index (χ1) is 9.47. The Hall–Kier alpha value is -2.21. The molecule has 0 bridgehead atoms. The molecule has 0 aliphatic carbocycles. The number of halogens is 1. The summed E-state index contributed by atoms with van der Waals surface area (Å²) in [5, 5.41) is 18.8. The fraction of sp³-hybridized carbons (Fsp3) is 0.286. The molecule has 1 aromatic rings. The maximum Gasteiger partial charge on any atom is 0.290 e. The fourth-order valence-electron chi connectivity index (χ4n) is 2.37. The largest absolute Gasteiger partial charge is 0.503 e. The van der Waals surface area contributed by atoms with Gasteiger partial charge in [-0.05, 0) is 24.6 Å². The van der Waals surface area contributed by atoms with Crippen molar-refractivity contribution in [2.45, 2.75) is 13.0 Å². The van der Waals surface area contributed by atoms with Gasteiger partial charge in [-0.3, -0.25) is 9.59 Å². The zero-order valence-electron chi connectivity index (χ0n) is 10.8. The smallest absolute Gasteiger partial charge is 0.290 e. The number of β-amino-alcohol motifs (C(OH)–C–C–N with tert-alkyl or cyclic N) is 1. The highest BCUT2D eigenvalue weighted by molar-refractivity contribution is 6.08. The number of ketones is 1. The Bertz CT molecular complexity index is 597. The summed E-state index contributed by atoms with van der Waals surface area (Å²) in [6, 6.07) is 4.59. The van der Waals surface area contributed by atoms with Gasteiger partial charge in [0.2, 0.25) is 0 Å². The van der Waals surface area contributed by atoms with Gasteiger partial charge in [-0.25, -0.2) is 4.39 Å².